The van der Waals surface area contributed by atoms with Crippen LogP contribution in [0.1, 0.15) is 46.0 Å². The van der Waals surface area contributed by atoms with E-state index in [1.165, 1.54) is 0 Å². The Morgan fingerprint density at radius 1 is 1.48 bits per heavy atom. The fraction of sp³-hybridized carbons (Fsp3) is 0.750. The number of aliphatic hydroxyl groups is 1. The molecule has 0 unspecified atom stereocenters. The van der Waals surface area contributed by atoms with E-state index in [4.69, 9.17) is 5.11 Å². The van der Waals surface area contributed by atoms with Crippen LogP contribution in [0, 0.1) is 11.8 Å². The summed E-state index contributed by atoms with van der Waals surface area (Å²) in [6.45, 7) is 3.99. The molecule has 1 aliphatic rings. The van der Waals surface area contributed by atoms with Crippen LogP contribution in [0.25, 0.3) is 0 Å². The van der Waals surface area contributed by atoms with E-state index in [2.05, 4.69) is 5.32 Å². The fourth-order valence-corrected chi connectivity index (χ4v) is 2.78. The SMILES string of the molecule is CC[C@H](C)[C@H](N[C@@H]1CCC(=O)[C@H]1C/C=C\CCO)C(=O)O. The normalized spacial score (nSPS) is 25.4. The zero-order valence-electron chi connectivity index (χ0n) is 12.9. The maximum atomic E-state index is 12.0. The molecule has 120 valence electrons. The lowest BCUT2D eigenvalue weighted by Crippen LogP contribution is -2.48. The van der Waals surface area contributed by atoms with Gasteiger partial charge in [-0.15, -0.1) is 0 Å². The quantitative estimate of drug-likeness (QED) is 0.564. The number of rotatable bonds is 9. The molecule has 21 heavy (non-hydrogen) atoms. The molecular weight excluding hydrogens is 270 g/mol. The summed E-state index contributed by atoms with van der Waals surface area (Å²) < 4.78 is 0. The molecule has 0 aliphatic heterocycles. The number of allylic oxidation sites excluding steroid dienone is 1. The highest BCUT2D eigenvalue weighted by Gasteiger charge is 2.37. The highest BCUT2D eigenvalue weighted by atomic mass is 16.4. The van der Waals surface area contributed by atoms with Gasteiger partial charge in [-0.2, -0.15) is 0 Å². The second-order valence-corrected chi connectivity index (χ2v) is 5.81. The van der Waals surface area contributed by atoms with Crippen LogP contribution in [0.3, 0.4) is 0 Å². The monoisotopic (exact) mass is 297 g/mol. The van der Waals surface area contributed by atoms with Crippen molar-refractivity contribution >= 4 is 11.8 Å². The van der Waals surface area contributed by atoms with Crippen molar-refractivity contribution in [2.24, 2.45) is 11.8 Å². The van der Waals surface area contributed by atoms with E-state index in [1.54, 1.807) is 0 Å². The molecular formula is C16H27NO4. The molecule has 4 atom stereocenters. The minimum atomic E-state index is -0.849. The van der Waals surface area contributed by atoms with Crippen LogP contribution in [0.4, 0.5) is 0 Å². The van der Waals surface area contributed by atoms with Gasteiger partial charge in [0.05, 0.1) is 0 Å². The van der Waals surface area contributed by atoms with Crippen molar-refractivity contribution in [2.75, 3.05) is 6.61 Å². The standard InChI is InChI=1S/C16H27NO4/c1-3-11(2)15(16(20)21)17-13-8-9-14(19)12(13)7-5-4-6-10-18/h4-5,11-13,15,17-18H,3,6-10H2,1-2H3,(H,20,21)/b5-4-/t11-,12-,13+,15-/m0/s1. The summed E-state index contributed by atoms with van der Waals surface area (Å²) in [5.41, 5.74) is 0. The minimum Gasteiger partial charge on any atom is -0.480 e. The Morgan fingerprint density at radius 3 is 2.76 bits per heavy atom. The largest absolute Gasteiger partial charge is 0.480 e. The number of aliphatic hydroxyl groups excluding tert-OH is 1. The third kappa shape index (κ3) is 5.25. The fourth-order valence-electron chi connectivity index (χ4n) is 2.78. The molecule has 0 aromatic heterocycles. The number of carbonyl (C=O) groups excluding carboxylic acids is 1. The smallest absolute Gasteiger partial charge is 0.320 e. The van der Waals surface area contributed by atoms with Gasteiger partial charge in [-0.1, -0.05) is 32.4 Å². The van der Waals surface area contributed by atoms with Gasteiger partial charge in [-0.05, 0) is 25.2 Å². The van der Waals surface area contributed by atoms with Crippen LogP contribution >= 0.6 is 0 Å². The van der Waals surface area contributed by atoms with Crippen molar-refractivity contribution in [1.29, 1.82) is 0 Å². The molecule has 1 saturated carbocycles. The first kappa shape index (κ1) is 17.9. The van der Waals surface area contributed by atoms with Gasteiger partial charge in [0, 0.05) is 25.0 Å². The maximum Gasteiger partial charge on any atom is 0.320 e. The van der Waals surface area contributed by atoms with Gasteiger partial charge in [0.25, 0.3) is 0 Å². The summed E-state index contributed by atoms with van der Waals surface area (Å²) in [5.74, 6) is -0.762. The number of carboxylic acid groups (broad SMARTS) is 1. The van der Waals surface area contributed by atoms with E-state index in [9.17, 15) is 14.7 Å². The zero-order chi connectivity index (χ0) is 15.8. The zero-order valence-corrected chi connectivity index (χ0v) is 12.9. The number of ketones is 1. The van der Waals surface area contributed by atoms with Gasteiger partial charge in [0.1, 0.15) is 11.8 Å². The van der Waals surface area contributed by atoms with Gasteiger partial charge in [0.2, 0.25) is 0 Å². The molecule has 3 N–H and O–H groups in total. The Bertz CT molecular complexity index is 380. The summed E-state index contributed by atoms with van der Waals surface area (Å²) in [6, 6.07) is -0.666. The molecule has 5 nitrogen and oxygen atoms in total. The van der Waals surface area contributed by atoms with Crippen LogP contribution in [0.15, 0.2) is 12.2 Å². The summed E-state index contributed by atoms with van der Waals surface area (Å²) >= 11 is 0. The number of carboxylic acids is 1. The lowest BCUT2D eigenvalue weighted by molar-refractivity contribution is -0.141. The number of nitrogens with one attached hydrogen (secondary N) is 1. The Kier molecular flexibility index (Phi) is 7.61. The Balaban J connectivity index is 2.66. The van der Waals surface area contributed by atoms with Crippen molar-refractivity contribution in [3.8, 4) is 0 Å². The average Bonchev–Trinajstić information content (AvgIpc) is 2.80. The molecule has 0 aromatic rings. The first-order valence-electron chi connectivity index (χ1n) is 7.78. The van der Waals surface area contributed by atoms with Crippen molar-refractivity contribution in [2.45, 2.75) is 58.0 Å². The average molecular weight is 297 g/mol. The van der Waals surface area contributed by atoms with E-state index in [0.717, 1.165) is 6.42 Å². The van der Waals surface area contributed by atoms with Crippen LogP contribution in [-0.4, -0.2) is 40.7 Å². The second-order valence-electron chi connectivity index (χ2n) is 5.81. The summed E-state index contributed by atoms with van der Waals surface area (Å²) in [6.07, 6.45) is 6.99. The predicted octanol–water partition coefficient (Wildman–Crippen LogP) is 1.75. The Hall–Kier alpha value is -1.20. The van der Waals surface area contributed by atoms with Crippen LogP contribution in [-0.2, 0) is 9.59 Å². The van der Waals surface area contributed by atoms with Gasteiger partial charge in [-0.25, -0.2) is 0 Å². The first-order chi connectivity index (χ1) is 10.0. The molecule has 5 heteroatoms. The van der Waals surface area contributed by atoms with Crippen LogP contribution in [0.2, 0.25) is 0 Å². The number of carbonyl (C=O) groups is 2. The maximum absolute atomic E-state index is 12.0. The van der Waals surface area contributed by atoms with Gasteiger partial charge < -0.3 is 15.5 Å². The van der Waals surface area contributed by atoms with Crippen molar-refractivity contribution in [3.05, 3.63) is 12.2 Å². The summed E-state index contributed by atoms with van der Waals surface area (Å²) in [7, 11) is 0. The van der Waals surface area contributed by atoms with E-state index in [-0.39, 0.29) is 30.3 Å². The van der Waals surface area contributed by atoms with Gasteiger partial charge in [-0.3, -0.25) is 9.59 Å². The predicted molar refractivity (Wildman–Crippen MR) is 81.0 cm³/mol. The molecule has 0 spiro atoms. The van der Waals surface area contributed by atoms with Crippen molar-refractivity contribution < 1.29 is 19.8 Å². The molecule has 0 bridgehead atoms. The van der Waals surface area contributed by atoms with Gasteiger partial charge in [0.15, 0.2) is 0 Å². The molecule has 0 aromatic carbocycles. The summed E-state index contributed by atoms with van der Waals surface area (Å²) in [4.78, 5) is 23.4. The molecule has 0 heterocycles. The van der Waals surface area contributed by atoms with Crippen molar-refractivity contribution in [1.82, 2.24) is 5.32 Å². The topological polar surface area (TPSA) is 86.6 Å². The highest BCUT2D eigenvalue weighted by molar-refractivity contribution is 5.84. The number of Topliss-reactive ketones (excluding diaryl/α,β-unsaturated/α-hetero) is 1. The third-order valence-electron chi connectivity index (χ3n) is 4.33. The van der Waals surface area contributed by atoms with E-state index < -0.39 is 12.0 Å². The number of hydrogen-bond acceptors (Lipinski definition) is 4. The van der Waals surface area contributed by atoms with E-state index in [1.807, 2.05) is 26.0 Å². The van der Waals surface area contributed by atoms with E-state index >= 15 is 0 Å². The molecule has 0 saturated heterocycles. The molecule has 1 rings (SSSR count). The highest BCUT2D eigenvalue weighted by Crippen LogP contribution is 2.27. The number of hydrogen-bond donors (Lipinski definition) is 3. The molecule has 1 aliphatic carbocycles. The van der Waals surface area contributed by atoms with Crippen LogP contribution < -0.4 is 5.32 Å². The number of aliphatic carboxylic acids is 1. The molecule has 1 fully saturated rings. The minimum absolute atomic E-state index is 0.0313. The lowest BCUT2D eigenvalue weighted by Gasteiger charge is -2.27. The third-order valence-corrected chi connectivity index (χ3v) is 4.33. The lowest BCUT2D eigenvalue weighted by atomic mass is 9.94. The summed E-state index contributed by atoms with van der Waals surface area (Å²) in [5, 5.41) is 21.3. The van der Waals surface area contributed by atoms with E-state index in [0.29, 0.717) is 25.7 Å². The molecule has 0 amide bonds. The molecule has 0 radical (unpaired) electrons. The Labute approximate surface area is 126 Å². The Morgan fingerprint density at radius 2 is 2.19 bits per heavy atom. The second kappa shape index (κ2) is 8.95. The van der Waals surface area contributed by atoms with Gasteiger partial charge >= 0.3 is 5.97 Å². The van der Waals surface area contributed by atoms with Crippen molar-refractivity contribution in [3.63, 3.8) is 0 Å². The van der Waals surface area contributed by atoms with Crippen LogP contribution in [0.5, 0.6) is 0 Å². The first-order valence-corrected chi connectivity index (χ1v) is 7.78.